The summed E-state index contributed by atoms with van der Waals surface area (Å²) in [6.45, 7) is 2.89. The number of hydrogen-bond acceptors (Lipinski definition) is 4. The van der Waals surface area contributed by atoms with Crippen molar-refractivity contribution in [2.45, 2.75) is 25.8 Å². The summed E-state index contributed by atoms with van der Waals surface area (Å²) in [6, 6.07) is 5.98. The Bertz CT molecular complexity index is 435. The van der Waals surface area contributed by atoms with Crippen molar-refractivity contribution in [2.24, 2.45) is 5.73 Å². The Kier molecular flexibility index (Phi) is 5.03. The third-order valence-electron chi connectivity index (χ3n) is 2.96. The van der Waals surface area contributed by atoms with Gasteiger partial charge in [-0.3, -0.25) is 4.79 Å². The van der Waals surface area contributed by atoms with Crippen LogP contribution in [0.5, 0.6) is 11.5 Å². The molecule has 1 amide bonds. The lowest BCUT2D eigenvalue weighted by Gasteiger charge is -2.19. The molecule has 0 saturated carbocycles. The van der Waals surface area contributed by atoms with Gasteiger partial charge in [0.05, 0.1) is 0 Å². The molecule has 1 heterocycles. The van der Waals surface area contributed by atoms with Gasteiger partial charge in [0.25, 0.3) is 0 Å². The van der Waals surface area contributed by atoms with Gasteiger partial charge < -0.3 is 20.5 Å². The van der Waals surface area contributed by atoms with Crippen LogP contribution in [0, 0.1) is 0 Å². The van der Waals surface area contributed by atoms with E-state index in [-0.39, 0.29) is 5.91 Å². The zero-order valence-electron chi connectivity index (χ0n) is 11.0. The maximum Gasteiger partial charge on any atom is 0.217 e. The van der Waals surface area contributed by atoms with Crippen molar-refractivity contribution in [3.05, 3.63) is 23.8 Å². The number of unbranched alkanes of at least 4 members (excludes halogenated alkanes) is 1. The van der Waals surface area contributed by atoms with Crippen LogP contribution in [0.1, 0.15) is 24.8 Å². The first-order valence-corrected chi connectivity index (χ1v) is 6.63. The molecular weight excluding hydrogens is 244 g/mol. The molecule has 0 unspecified atom stereocenters. The van der Waals surface area contributed by atoms with Crippen LogP contribution >= 0.6 is 0 Å². The quantitative estimate of drug-likeness (QED) is 0.726. The minimum atomic E-state index is -0.230. The van der Waals surface area contributed by atoms with Crippen molar-refractivity contribution in [2.75, 3.05) is 19.8 Å². The number of carbonyl (C=O) groups is 1. The molecule has 0 bridgehead atoms. The fraction of sp³-hybridized carbons (Fsp3) is 0.500. The van der Waals surface area contributed by atoms with Crippen LogP contribution in [0.2, 0.25) is 0 Å². The molecular formula is C14H20N2O3. The lowest BCUT2D eigenvalue weighted by molar-refractivity contribution is -0.118. The third kappa shape index (κ3) is 4.44. The van der Waals surface area contributed by atoms with Crippen LogP contribution in [0.4, 0.5) is 0 Å². The lowest BCUT2D eigenvalue weighted by atomic mass is 10.2. The summed E-state index contributed by atoms with van der Waals surface area (Å²) in [7, 11) is 0. The second kappa shape index (κ2) is 6.99. The number of amides is 1. The zero-order valence-corrected chi connectivity index (χ0v) is 11.0. The number of primary amides is 1. The van der Waals surface area contributed by atoms with E-state index in [0.717, 1.165) is 37.4 Å². The number of ether oxygens (including phenoxy) is 2. The van der Waals surface area contributed by atoms with Gasteiger partial charge >= 0.3 is 0 Å². The molecule has 0 atom stereocenters. The van der Waals surface area contributed by atoms with Crippen LogP contribution in [-0.2, 0) is 11.3 Å². The van der Waals surface area contributed by atoms with Crippen molar-refractivity contribution in [3.8, 4) is 11.5 Å². The first kappa shape index (κ1) is 13.7. The molecule has 5 heteroatoms. The average molecular weight is 264 g/mol. The van der Waals surface area contributed by atoms with E-state index in [1.54, 1.807) is 0 Å². The molecule has 0 aliphatic carbocycles. The second-order valence-corrected chi connectivity index (χ2v) is 4.58. The lowest BCUT2D eigenvalue weighted by Crippen LogP contribution is -2.18. The molecule has 5 nitrogen and oxygen atoms in total. The van der Waals surface area contributed by atoms with Gasteiger partial charge in [-0.2, -0.15) is 0 Å². The predicted octanol–water partition coefficient (Wildman–Crippen LogP) is 1.20. The number of hydrogen-bond donors (Lipinski definition) is 2. The molecule has 1 aliphatic rings. The monoisotopic (exact) mass is 264 g/mol. The summed E-state index contributed by atoms with van der Waals surface area (Å²) in [5.74, 6) is 1.41. The summed E-state index contributed by atoms with van der Waals surface area (Å²) in [5.41, 5.74) is 6.24. The van der Waals surface area contributed by atoms with Crippen LogP contribution in [0.25, 0.3) is 0 Å². The van der Waals surface area contributed by atoms with Crippen LogP contribution in [0.3, 0.4) is 0 Å². The first-order chi connectivity index (χ1) is 9.25. The highest BCUT2D eigenvalue weighted by molar-refractivity contribution is 5.73. The predicted molar refractivity (Wildman–Crippen MR) is 72.2 cm³/mol. The van der Waals surface area contributed by atoms with Crippen molar-refractivity contribution in [3.63, 3.8) is 0 Å². The van der Waals surface area contributed by atoms with Crippen molar-refractivity contribution < 1.29 is 14.3 Å². The first-order valence-electron chi connectivity index (χ1n) is 6.63. The Morgan fingerprint density at radius 3 is 2.79 bits per heavy atom. The molecule has 1 aliphatic heterocycles. The SMILES string of the molecule is NC(=O)CCCCNCc1ccc2c(c1)OCCO2. The highest BCUT2D eigenvalue weighted by Gasteiger charge is 2.11. The maximum atomic E-state index is 10.6. The molecule has 0 radical (unpaired) electrons. The fourth-order valence-electron chi connectivity index (χ4n) is 1.98. The van der Waals surface area contributed by atoms with Crippen molar-refractivity contribution in [1.29, 1.82) is 0 Å². The van der Waals surface area contributed by atoms with Gasteiger partial charge in [0.1, 0.15) is 13.2 Å². The van der Waals surface area contributed by atoms with E-state index in [4.69, 9.17) is 15.2 Å². The molecule has 1 aromatic rings. The van der Waals surface area contributed by atoms with Gasteiger partial charge in [-0.05, 0) is 37.1 Å². The molecule has 0 saturated heterocycles. The summed E-state index contributed by atoms with van der Waals surface area (Å²) in [6.07, 6.45) is 2.25. The second-order valence-electron chi connectivity index (χ2n) is 4.58. The highest BCUT2D eigenvalue weighted by Crippen LogP contribution is 2.30. The molecule has 0 spiro atoms. The number of nitrogens with two attached hydrogens (primary N) is 1. The maximum absolute atomic E-state index is 10.6. The fourth-order valence-corrected chi connectivity index (χ4v) is 1.98. The Balaban J connectivity index is 1.70. The third-order valence-corrected chi connectivity index (χ3v) is 2.96. The number of benzene rings is 1. The molecule has 0 fully saturated rings. The number of rotatable bonds is 7. The van der Waals surface area contributed by atoms with E-state index < -0.39 is 0 Å². The van der Waals surface area contributed by atoms with Gasteiger partial charge in [0.2, 0.25) is 5.91 Å². The van der Waals surface area contributed by atoms with Gasteiger partial charge in [-0.1, -0.05) is 6.07 Å². The van der Waals surface area contributed by atoms with Crippen molar-refractivity contribution in [1.82, 2.24) is 5.32 Å². The largest absolute Gasteiger partial charge is 0.486 e. The Hall–Kier alpha value is -1.75. The van der Waals surface area contributed by atoms with Gasteiger partial charge in [0.15, 0.2) is 11.5 Å². The summed E-state index contributed by atoms with van der Waals surface area (Å²) < 4.78 is 11.0. The van der Waals surface area contributed by atoms with Gasteiger partial charge in [-0.15, -0.1) is 0 Å². The van der Waals surface area contributed by atoms with E-state index in [9.17, 15) is 4.79 Å². The Morgan fingerprint density at radius 2 is 2.00 bits per heavy atom. The molecule has 0 aromatic heterocycles. The molecule has 2 rings (SSSR count). The molecule has 3 N–H and O–H groups in total. The van der Waals surface area contributed by atoms with Crippen LogP contribution in [-0.4, -0.2) is 25.7 Å². The van der Waals surface area contributed by atoms with Crippen molar-refractivity contribution >= 4 is 5.91 Å². The van der Waals surface area contributed by atoms with E-state index in [1.165, 1.54) is 5.56 Å². The van der Waals surface area contributed by atoms with E-state index in [1.807, 2.05) is 18.2 Å². The normalized spacial score (nSPS) is 13.3. The van der Waals surface area contributed by atoms with Crippen LogP contribution < -0.4 is 20.5 Å². The molecule has 104 valence electrons. The molecule has 1 aromatic carbocycles. The Morgan fingerprint density at radius 1 is 1.21 bits per heavy atom. The van der Waals surface area contributed by atoms with E-state index >= 15 is 0 Å². The number of fused-ring (bicyclic) bond motifs is 1. The van der Waals surface area contributed by atoms with Crippen LogP contribution in [0.15, 0.2) is 18.2 Å². The minimum Gasteiger partial charge on any atom is -0.486 e. The summed E-state index contributed by atoms with van der Waals surface area (Å²) in [4.78, 5) is 10.6. The molecule has 19 heavy (non-hydrogen) atoms. The standard InChI is InChI=1S/C14H20N2O3/c15-14(17)3-1-2-6-16-10-11-4-5-12-13(9-11)19-8-7-18-12/h4-5,9,16H,1-3,6-8,10H2,(H2,15,17). The van der Waals surface area contributed by atoms with E-state index in [0.29, 0.717) is 19.6 Å². The van der Waals surface area contributed by atoms with Gasteiger partial charge in [-0.25, -0.2) is 0 Å². The summed E-state index contributed by atoms with van der Waals surface area (Å²) in [5, 5.41) is 3.33. The summed E-state index contributed by atoms with van der Waals surface area (Å²) >= 11 is 0. The van der Waals surface area contributed by atoms with E-state index in [2.05, 4.69) is 5.32 Å². The smallest absolute Gasteiger partial charge is 0.217 e. The number of carbonyl (C=O) groups excluding carboxylic acids is 1. The zero-order chi connectivity index (χ0) is 13.5. The average Bonchev–Trinajstić information content (AvgIpc) is 2.42. The van der Waals surface area contributed by atoms with Gasteiger partial charge in [0, 0.05) is 13.0 Å². The minimum absolute atomic E-state index is 0.230. The Labute approximate surface area is 113 Å². The topological polar surface area (TPSA) is 73.6 Å². The highest BCUT2D eigenvalue weighted by atomic mass is 16.6. The number of nitrogens with one attached hydrogen (secondary N) is 1.